The second-order valence-electron chi connectivity index (χ2n) is 42.5. The van der Waals surface area contributed by atoms with Crippen LogP contribution in [0, 0.1) is 96.0 Å². The number of aliphatic hydroxyl groups excluding tert-OH is 1. The molecule has 0 spiro atoms. The van der Waals surface area contributed by atoms with Gasteiger partial charge in [-0.05, 0) is 185 Å². The van der Waals surface area contributed by atoms with Crippen LogP contribution < -0.4 is 16.4 Å². The summed E-state index contributed by atoms with van der Waals surface area (Å²) in [5.41, 5.74) is 6.93. The Hall–Kier alpha value is -9.95. The monoisotopic (exact) mass is 2060 g/mol. The summed E-state index contributed by atoms with van der Waals surface area (Å²) in [5, 5.41) is 16.2. The Morgan fingerprint density at radius 2 is 0.674 bits per heavy atom. The minimum atomic E-state index is -4.64. The van der Waals surface area contributed by atoms with Gasteiger partial charge in [0.05, 0.1) is 42.7 Å². The van der Waals surface area contributed by atoms with Gasteiger partial charge in [0.25, 0.3) is 21.9 Å². The summed E-state index contributed by atoms with van der Waals surface area (Å²) in [6.45, 7) is 27.7. The van der Waals surface area contributed by atoms with E-state index in [1.807, 2.05) is 48.4 Å². The zero-order chi connectivity index (χ0) is 101. The number of benzene rings is 1. The van der Waals surface area contributed by atoms with Crippen LogP contribution in [0.15, 0.2) is 24.3 Å². The summed E-state index contributed by atoms with van der Waals surface area (Å²) >= 11 is 0. The van der Waals surface area contributed by atoms with Gasteiger partial charge < -0.3 is 90.1 Å². The van der Waals surface area contributed by atoms with E-state index >= 15 is 0 Å². The first-order valence-electron chi connectivity index (χ1n) is 48.9. The van der Waals surface area contributed by atoms with Crippen molar-refractivity contribution in [3.8, 4) is 0 Å². The first kappa shape index (κ1) is 125. The summed E-state index contributed by atoms with van der Waals surface area (Å²) in [6, 6.07) is 8.69. The maximum atomic E-state index is 12.6. The van der Waals surface area contributed by atoms with E-state index in [-0.39, 0.29) is 141 Å². The van der Waals surface area contributed by atoms with Crippen LogP contribution in [0.3, 0.4) is 0 Å². The smallest absolute Gasteiger partial charge is 0.393 e. The predicted molar refractivity (Wildman–Crippen MR) is 546 cm³/mol. The number of likely N-dealkylation sites (tertiary alicyclic amines) is 9. The fraction of sp³-hybridized carbons (Fsp3) is 0.792. The molecule has 6 unspecified atom stereocenters. The first-order valence-corrected chi connectivity index (χ1v) is 50.7. The van der Waals surface area contributed by atoms with E-state index in [1.54, 1.807) is 153 Å². The van der Waals surface area contributed by atoms with Crippen molar-refractivity contribution in [2.75, 3.05) is 223 Å². The number of aliphatic hydroxyl groups is 1. The number of hydrogen-bond acceptors (Lipinski definition) is 20. The summed E-state index contributed by atoms with van der Waals surface area (Å²) in [4.78, 5) is 189. The molecule has 39 nitrogen and oxygen atoms in total. The standard InChI is InChI=1S/C18H21N3O3.2C17H27N5O2.C11H20N2O4S.C10H19N3O.C10H18N2O2.C10H16N2O2.C2HF3O.6CH4/c1-19(2)18(24)20-9-11-7-13(8-12(11)10-20)21-16(22)14-5-3-4-6-15(14)17(21)23;2*1-18-15-5-4-6-22(15)16(23)9-19-14-7-12-10-21(11-13(12)8-14)17(24)20(2)3;1-12(2)11(14)13-6-8-4-10(5-9(8)7-13)17-18(3,15)16;1-12(2)10(14)13-5-7-3-9(11)4-8(7)6-13;2*1-11(2)10(14)12-5-7-3-9(13)4-8(7)6-12;3-2(4,5)1-6;;;;;;/h3-6,11-13H,7-10H2,1-2H3;2*12-15,19H,4-11H2,2-3H3;8-10H,4-7H2,1-3H3;7-9H,3-6,11H2,1-2H3;7-9,13H,3-6H2,1-2H3;7-8H,3-6H2,1-2H3;1H;6*1H4/t11-,12+,13?;2*12-,13+,14?,15-;8-,9+,10?;2*7-,8+,9?;7-,8+;;;;;;;/m.00.........../s1. The number of urea groups is 7. The number of hydrogen-bond donors (Lipinski definition) is 4. The van der Waals surface area contributed by atoms with E-state index in [9.17, 15) is 84.2 Å². The highest BCUT2D eigenvalue weighted by atomic mass is 32.2. The molecular formula is C101H173F3N22O17S. The van der Waals surface area contributed by atoms with Crippen molar-refractivity contribution in [3.63, 3.8) is 0 Å². The molecule has 144 heavy (non-hydrogen) atoms. The van der Waals surface area contributed by atoms with E-state index in [1.165, 1.54) is 4.90 Å². The number of rotatable bonds is 9. The zero-order valence-electron chi connectivity index (χ0n) is 83.1. The summed E-state index contributed by atoms with van der Waals surface area (Å²) in [6.07, 6.45) is 10.5. The van der Waals surface area contributed by atoms with Crippen molar-refractivity contribution < 1.29 is 93.2 Å². The third-order valence-electron chi connectivity index (χ3n) is 30.7. The number of amides is 18. The molecule has 17 aliphatic rings. The lowest BCUT2D eigenvalue weighted by atomic mass is 10.0. The molecule has 43 heteroatoms. The number of nitrogens with one attached hydrogen (secondary N) is 2. The number of nitrogens with zero attached hydrogens (tertiary/aromatic N) is 19. The van der Waals surface area contributed by atoms with Crippen molar-refractivity contribution in [2.45, 2.75) is 215 Å². The van der Waals surface area contributed by atoms with Crippen LogP contribution in [-0.4, -0.2) is 452 Å². The van der Waals surface area contributed by atoms with Crippen LogP contribution in [0.2, 0.25) is 0 Å². The fourth-order valence-corrected chi connectivity index (χ4v) is 24.9. The molecule has 0 radical (unpaired) electrons. The third kappa shape index (κ3) is 31.8. The van der Waals surface area contributed by atoms with E-state index in [4.69, 9.17) is 27.9 Å². The van der Waals surface area contributed by atoms with E-state index in [0.717, 1.165) is 188 Å². The minimum Gasteiger partial charge on any atom is -0.393 e. The van der Waals surface area contributed by atoms with E-state index in [0.29, 0.717) is 170 Å². The zero-order valence-corrected chi connectivity index (χ0v) is 84.0. The van der Waals surface area contributed by atoms with Crippen molar-refractivity contribution in [3.05, 3.63) is 58.2 Å². The van der Waals surface area contributed by atoms with Gasteiger partial charge in [-0.1, -0.05) is 56.7 Å². The van der Waals surface area contributed by atoms with Crippen molar-refractivity contribution in [2.24, 2.45) is 88.6 Å². The lowest BCUT2D eigenvalue weighted by molar-refractivity contribution is -0.156. The molecular weight excluding hydrogens is 1880 g/mol. The molecule has 7 aliphatic carbocycles. The Bertz CT molecular complexity index is 4430. The Balaban J connectivity index is 0.000000294. The van der Waals surface area contributed by atoms with Gasteiger partial charge in [0.1, 0.15) is 5.78 Å². The molecule has 5 N–H and O–H groups in total. The highest BCUT2D eigenvalue weighted by Gasteiger charge is 2.53. The Kier molecular flexibility index (Phi) is 46.8. The summed E-state index contributed by atoms with van der Waals surface area (Å²) in [7, 11) is 21.5. The van der Waals surface area contributed by atoms with Gasteiger partial charge in [-0.2, -0.15) is 21.6 Å². The highest BCUT2D eigenvalue weighted by Crippen LogP contribution is 2.46. The Morgan fingerprint density at radius 3 is 0.924 bits per heavy atom. The second kappa shape index (κ2) is 54.1. The largest absolute Gasteiger partial charge is 0.446 e. The SMILES string of the molecule is C.C.C.C.C.C.CN(C)C(=O)N1C[C@H]2CC(=O)C[C@H]2C1.CN(C)C(=O)N1C[C@H]2CC(N)C[C@H]2C1.CN(C)C(=O)N1C[C@H]2CC(N3C(=O)c4ccccc4C3=O)C[C@H]2C1.CN(C)C(=O)N1C[C@H]2CC(O)C[C@H]2C1.CN(C)C(=O)N1C[C@H]2CC(OS(C)(=O)=O)C[C@H]2C1.O=CC(F)(F)F.[C-]#[N+][C@@H]1CCCN1C(=O)CNC1C[C@@H]2CN(C(=O)N(C)C)C[C@@H]2C1.[C-]#[N+][C@@H]1CCCN1C(=O)CNC1C[C@@H]2CN(C(=O)N(C)C)C[C@@H]2C1. The molecule has 18 rings (SSSR count). The number of nitrogens with two attached hydrogens (primary N) is 1. The molecule has 16 fully saturated rings. The Morgan fingerprint density at radius 1 is 0.431 bits per heavy atom. The van der Waals surface area contributed by atoms with Crippen LogP contribution in [0.25, 0.3) is 9.69 Å². The van der Waals surface area contributed by atoms with Crippen molar-refractivity contribution in [1.82, 2.24) is 93.9 Å². The molecule has 10 aliphatic heterocycles. The number of ketones is 1. The molecule has 10 heterocycles. The molecule has 0 bridgehead atoms. The lowest BCUT2D eigenvalue weighted by Crippen LogP contribution is -2.43. The average molecular weight is 2060 g/mol. The highest BCUT2D eigenvalue weighted by molar-refractivity contribution is 7.86. The number of carbonyl (C=O) groups excluding carboxylic acids is 13. The van der Waals surface area contributed by atoms with Crippen LogP contribution in [0.5, 0.6) is 0 Å². The molecule has 22 atom stereocenters. The topological polar surface area (TPSA) is 399 Å². The Labute approximate surface area is 855 Å². The number of imide groups is 1. The summed E-state index contributed by atoms with van der Waals surface area (Å²) < 4.78 is 58.4. The molecule has 1 aromatic rings. The normalized spacial score (nSPS) is 29.7. The maximum Gasteiger partial charge on any atom is 0.446 e. The minimum absolute atomic E-state index is 0. The predicted octanol–water partition coefficient (Wildman–Crippen LogP) is 9.55. The first-order chi connectivity index (χ1) is 65.0. The lowest BCUT2D eigenvalue weighted by Gasteiger charge is -2.26. The maximum absolute atomic E-state index is 12.6. The van der Waals surface area contributed by atoms with Crippen molar-refractivity contribution in [1.29, 1.82) is 0 Å². The van der Waals surface area contributed by atoms with Crippen LogP contribution >= 0.6 is 0 Å². The number of alkyl halides is 3. The van der Waals surface area contributed by atoms with Crippen LogP contribution in [-0.2, 0) is 33.5 Å². The number of carbonyl (C=O) groups is 13. The second-order valence-corrected chi connectivity index (χ2v) is 44.1. The third-order valence-corrected chi connectivity index (χ3v) is 31.3. The average Bonchev–Trinajstić information content (AvgIpc) is 1.59. The van der Waals surface area contributed by atoms with Crippen LogP contribution in [0.1, 0.15) is 181 Å². The van der Waals surface area contributed by atoms with Gasteiger partial charge in [0.15, 0.2) is 0 Å². The molecule has 18 amide bonds. The molecule has 1 aromatic carbocycles. The van der Waals surface area contributed by atoms with Gasteiger partial charge in [0.2, 0.25) is 18.1 Å². The fourth-order valence-electron chi connectivity index (χ4n) is 24.3. The molecule has 0 aromatic heterocycles. The molecule has 7 saturated carbocycles. The quantitative estimate of drug-likeness (QED) is 0.0773. The molecule has 9 saturated heterocycles. The number of halogens is 3. The van der Waals surface area contributed by atoms with E-state index < -0.39 is 22.6 Å². The number of aldehydes is 1. The van der Waals surface area contributed by atoms with Crippen molar-refractivity contribution >= 4 is 88.0 Å². The van der Waals surface area contributed by atoms with Gasteiger partial charge in [-0.15, -0.1) is 0 Å². The van der Waals surface area contributed by atoms with E-state index in [2.05, 4.69) is 20.3 Å². The van der Waals surface area contributed by atoms with Gasteiger partial charge >= 0.3 is 60.7 Å². The van der Waals surface area contributed by atoms with Crippen LogP contribution in [0.4, 0.5) is 46.7 Å². The molecule has 816 valence electrons. The van der Waals surface area contributed by atoms with Gasteiger partial charge in [0, 0.05) is 253 Å². The number of Topliss-reactive ketones (excluding diaryl/α,β-unsaturated/α-hetero) is 1. The van der Waals surface area contributed by atoms with Gasteiger partial charge in [-0.3, -0.25) is 57.3 Å². The number of fused-ring (bicyclic) bond motifs is 8. The van der Waals surface area contributed by atoms with Gasteiger partial charge in [-0.25, -0.2) is 46.7 Å². The summed E-state index contributed by atoms with van der Waals surface area (Å²) in [5.74, 6) is 7.10.